The lowest BCUT2D eigenvalue weighted by molar-refractivity contribution is 0.254. The molecule has 1 aliphatic rings. The van der Waals surface area contributed by atoms with E-state index in [1.807, 2.05) is 24.3 Å². The van der Waals surface area contributed by atoms with Crippen molar-refractivity contribution in [2.45, 2.75) is 45.1 Å². The van der Waals surface area contributed by atoms with E-state index in [9.17, 15) is 0 Å². The molecule has 0 bridgehead atoms. The van der Waals surface area contributed by atoms with Gasteiger partial charge in [0.2, 0.25) is 0 Å². The molecule has 1 N–H and O–H groups in total. The van der Waals surface area contributed by atoms with Gasteiger partial charge in [-0.3, -0.25) is 4.98 Å². The van der Waals surface area contributed by atoms with Gasteiger partial charge in [-0.15, -0.1) is 0 Å². The van der Waals surface area contributed by atoms with Gasteiger partial charge < -0.3 is 19.7 Å². The fraction of sp³-hybridized carbons (Fsp3) is 0.429. The zero-order valence-corrected chi connectivity index (χ0v) is 20.4. The fourth-order valence-corrected chi connectivity index (χ4v) is 4.47. The number of hydrogen-bond acceptors (Lipinski definition) is 6. The van der Waals surface area contributed by atoms with E-state index < -0.39 is 0 Å². The molecule has 180 valence electrons. The predicted molar refractivity (Wildman–Crippen MR) is 138 cm³/mol. The highest BCUT2D eigenvalue weighted by molar-refractivity contribution is 5.64. The van der Waals surface area contributed by atoms with Gasteiger partial charge >= 0.3 is 0 Å². The molecule has 2 aromatic carbocycles. The van der Waals surface area contributed by atoms with Crippen LogP contribution in [0.2, 0.25) is 0 Å². The van der Waals surface area contributed by atoms with Crippen molar-refractivity contribution in [2.24, 2.45) is 0 Å². The minimum atomic E-state index is 0.196. The molecule has 3 aromatic rings. The first-order valence-corrected chi connectivity index (χ1v) is 12.4. The molecule has 0 saturated carbocycles. The van der Waals surface area contributed by atoms with Crippen molar-refractivity contribution in [1.29, 1.82) is 0 Å². The zero-order valence-electron chi connectivity index (χ0n) is 20.4. The number of nitrogens with one attached hydrogen (secondary N) is 1. The molecule has 1 saturated heterocycles. The van der Waals surface area contributed by atoms with Crippen LogP contribution in [-0.4, -0.2) is 48.2 Å². The topological polar surface area (TPSA) is 59.5 Å². The lowest BCUT2D eigenvalue weighted by atomic mass is 10.0. The van der Waals surface area contributed by atoms with Gasteiger partial charge in [0, 0.05) is 12.1 Å². The third-order valence-corrected chi connectivity index (χ3v) is 6.27. The second-order valence-electron chi connectivity index (χ2n) is 8.80. The maximum atomic E-state index is 6.03. The van der Waals surface area contributed by atoms with E-state index in [1.165, 1.54) is 31.5 Å². The van der Waals surface area contributed by atoms with Gasteiger partial charge in [-0.25, -0.2) is 4.98 Å². The largest absolute Gasteiger partial charge is 0.493 e. The van der Waals surface area contributed by atoms with Crippen LogP contribution in [0.25, 0.3) is 11.3 Å². The maximum Gasteiger partial charge on any atom is 0.161 e. The van der Waals surface area contributed by atoms with Crippen molar-refractivity contribution in [1.82, 2.24) is 14.9 Å². The second-order valence-corrected chi connectivity index (χ2v) is 8.80. The van der Waals surface area contributed by atoms with E-state index >= 15 is 0 Å². The lowest BCUT2D eigenvalue weighted by Gasteiger charge is -2.19. The van der Waals surface area contributed by atoms with Crippen molar-refractivity contribution in [2.75, 3.05) is 38.7 Å². The highest BCUT2D eigenvalue weighted by Crippen LogP contribution is 2.32. The molecule has 1 fully saturated rings. The second kappa shape index (κ2) is 12.4. The molecule has 0 amide bonds. The van der Waals surface area contributed by atoms with Crippen molar-refractivity contribution in [3.05, 3.63) is 66.5 Å². The minimum Gasteiger partial charge on any atom is -0.493 e. The molecule has 6 nitrogen and oxygen atoms in total. The van der Waals surface area contributed by atoms with Crippen LogP contribution in [-0.2, 0) is 0 Å². The molecule has 1 unspecified atom stereocenters. The van der Waals surface area contributed by atoms with Gasteiger partial charge in [0.1, 0.15) is 5.82 Å². The highest BCUT2D eigenvalue weighted by atomic mass is 16.5. The lowest BCUT2D eigenvalue weighted by Crippen LogP contribution is -2.21. The standard InChI is InChI=1S/C28H36N4O2/c1-3-10-24(22-11-5-4-6-12-22)30-28-21-29-20-25(31-28)23-13-14-26(27(19-23)33-2)34-18-9-17-32-15-7-8-16-32/h4-6,11-14,19-21,24H,3,7-10,15-18H2,1-2H3,(H,30,31). The summed E-state index contributed by atoms with van der Waals surface area (Å²) >= 11 is 0. The summed E-state index contributed by atoms with van der Waals surface area (Å²) in [6, 6.07) is 16.7. The van der Waals surface area contributed by atoms with Crippen LogP contribution in [0.4, 0.5) is 5.82 Å². The highest BCUT2D eigenvalue weighted by Gasteiger charge is 2.14. The smallest absolute Gasteiger partial charge is 0.161 e. The molecule has 6 heteroatoms. The van der Waals surface area contributed by atoms with E-state index in [0.717, 1.165) is 48.6 Å². The van der Waals surface area contributed by atoms with Crippen LogP contribution in [0, 0.1) is 0 Å². The number of nitrogens with zero attached hydrogens (tertiary/aromatic N) is 3. The molecule has 0 radical (unpaired) electrons. The van der Waals surface area contributed by atoms with Crippen molar-refractivity contribution < 1.29 is 9.47 Å². The fourth-order valence-electron chi connectivity index (χ4n) is 4.47. The summed E-state index contributed by atoms with van der Waals surface area (Å²) in [6.45, 7) is 6.42. The third kappa shape index (κ3) is 6.48. The molecule has 34 heavy (non-hydrogen) atoms. The number of benzene rings is 2. The van der Waals surface area contributed by atoms with Crippen LogP contribution >= 0.6 is 0 Å². The Hall–Kier alpha value is -3.12. The molecule has 2 heterocycles. The summed E-state index contributed by atoms with van der Waals surface area (Å²) < 4.78 is 11.7. The summed E-state index contributed by atoms with van der Waals surface area (Å²) in [7, 11) is 1.68. The van der Waals surface area contributed by atoms with Crippen molar-refractivity contribution >= 4 is 5.82 Å². The maximum absolute atomic E-state index is 6.03. The number of methoxy groups -OCH3 is 1. The van der Waals surface area contributed by atoms with Crippen molar-refractivity contribution in [3.8, 4) is 22.8 Å². The zero-order chi connectivity index (χ0) is 23.6. The molecule has 0 spiro atoms. The van der Waals surface area contributed by atoms with Gasteiger partial charge in [-0.05, 0) is 62.5 Å². The molecule has 1 aliphatic heterocycles. The summed E-state index contributed by atoms with van der Waals surface area (Å²) in [6.07, 6.45) is 9.33. The number of likely N-dealkylation sites (tertiary alicyclic amines) is 1. The van der Waals surface area contributed by atoms with Gasteiger partial charge in [0.25, 0.3) is 0 Å². The van der Waals surface area contributed by atoms with Crippen LogP contribution in [0.1, 0.15) is 50.6 Å². The SMILES string of the molecule is CCCC(Nc1cncc(-c2ccc(OCCCN3CCCC3)c(OC)c2)n1)c1ccccc1. The Bertz CT molecular complexity index is 1020. The van der Waals surface area contributed by atoms with E-state index in [2.05, 4.69) is 46.4 Å². The van der Waals surface area contributed by atoms with Crippen LogP contribution in [0.3, 0.4) is 0 Å². The Morgan fingerprint density at radius 1 is 1.03 bits per heavy atom. The monoisotopic (exact) mass is 460 g/mol. The van der Waals surface area contributed by atoms with E-state index in [4.69, 9.17) is 14.5 Å². The van der Waals surface area contributed by atoms with E-state index in [-0.39, 0.29) is 6.04 Å². The predicted octanol–water partition coefficient (Wildman–Crippen LogP) is 5.97. The normalized spacial score (nSPS) is 14.6. The first-order valence-electron chi connectivity index (χ1n) is 12.4. The van der Waals surface area contributed by atoms with Gasteiger partial charge in [-0.1, -0.05) is 43.7 Å². The summed E-state index contributed by atoms with van der Waals surface area (Å²) in [4.78, 5) is 11.8. The number of aromatic nitrogens is 2. The number of rotatable bonds is 12. The van der Waals surface area contributed by atoms with Gasteiger partial charge in [-0.2, -0.15) is 0 Å². The van der Waals surface area contributed by atoms with E-state index in [1.54, 1.807) is 19.5 Å². The molecule has 1 atom stereocenters. The Morgan fingerprint density at radius 3 is 2.62 bits per heavy atom. The quantitative estimate of drug-likeness (QED) is 0.336. The Kier molecular flexibility index (Phi) is 8.74. The average Bonchev–Trinajstić information content (AvgIpc) is 3.41. The Morgan fingerprint density at radius 2 is 1.85 bits per heavy atom. The summed E-state index contributed by atoms with van der Waals surface area (Å²) in [5.41, 5.74) is 3.00. The Labute approximate surface area is 203 Å². The van der Waals surface area contributed by atoms with Crippen molar-refractivity contribution in [3.63, 3.8) is 0 Å². The van der Waals surface area contributed by atoms with Crippen LogP contribution < -0.4 is 14.8 Å². The molecular weight excluding hydrogens is 424 g/mol. The number of hydrogen-bond donors (Lipinski definition) is 1. The molecule has 1 aromatic heterocycles. The third-order valence-electron chi connectivity index (χ3n) is 6.27. The molecule has 0 aliphatic carbocycles. The van der Waals surface area contributed by atoms with Gasteiger partial charge in [0.15, 0.2) is 11.5 Å². The average molecular weight is 461 g/mol. The summed E-state index contributed by atoms with van der Waals surface area (Å²) in [5.74, 6) is 2.25. The van der Waals surface area contributed by atoms with Gasteiger partial charge in [0.05, 0.1) is 37.8 Å². The van der Waals surface area contributed by atoms with Crippen LogP contribution in [0.15, 0.2) is 60.9 Å². The summed E-state index contributed by atoms with van der Waals surface area (Å²) in [5, 5.41) is 3.57. The van der Waals surface area contributed by atoms with E-state index in [0.29, 0.717) is 12.4 Å². The Balaban J connectivity index is 1.42. The first kappa shape index (κ1) is 24.0. The number of ether oxygens (including phenoxy) is 2. The number of anilines is 1. The first-order chi connectivity index (χ1) is 16.8. The van der Waals surface area contributed by atoms with Crippen LogP contribution in [0.5, 0.6) is 11.5 Å². The molecule has 4 rings (SSSR count). The molecular formula is C28H36N4O2. The minimum absolute atomic E-state index is 0.196.